The summed E-state index contributed by atoms with van der Waals surface area (Å²) in [4.78, 5) is 13.8. The molecule has 1 aromatic rings. The molecule has 0 saturated heterocycles. The van der Waals surface area contributed by atoms with Gasteiger partial charge in [-0.15, -0.1) is 0 Å². The molecule has 108 valence electrons. The van der Waals surface area contributed by atoms with E-state index in [4.69, 9.17) is 22.3 Å². The van der Waals surface area contributed by atoms with Crippen LogP contribution in [-0.2, 0) is 9.05 Å². The van der Waals surface area contributed by atoms with Gasteiger partial charge in [-0.3, -0.25) is 4.79 Å². The molecule has 0 unspecified atom stereocenters. The van der Waals surface area contributed by atoms with Gasteiger partial charge in [0.05, 0.1) is 4.90 Å². The summed E-state index contributed by atoms with van der Waals surface area (Å²) in [6.45, 7) is 3.14. The van der Waals surface area contributed by atoms with Crippen molar-refractivity contribution in [3.63, 3.8) is 0 Å². The first-order valence-electron chi connectivity index (χ1n) is 5.97. The quantitative estimate of drug-likeness (QED) is 0.617. The van der Waals surface area contributed by atoms with Gasteiger partial charge in [0.15, 0.2) is 0 Å². The third-order valence-electron chi connectivity index (χ3n) is 3.12. The Morgan fingerprint density at radius 3 is 2.55 bits per heavy atom. The summed E-state index contributed by atoms with van der Waals surface area (Å²) in [5, 5.41) is 0.166. The van der Waals surface area contributed by atoms with E-state index >= 15 is 0 Å². The van der Waals surface area contributed by atoms with Crippen LogP contribution in [0.2, 0.25) is 5.02 Å². The Balaban J connectivity index is 2.33. The van der Waals surface area contributed by atoms with Crippen LogP contribution in [0.4, 0.5) is 0 Å². The maximum absolute atomic E-state index is 12.3. The van der Waals surface area contributed by atoms with E-state index in [1.54, 1.807) is 4.90 Å². The lowest BCUT2D eigenvalue weighted by Gasteiger charge is -2.25. The third kappa shape index (κ3) is 3.53. The van der Waals surface area contributed by atoms with Crippen molar-refractivity contribution >= 4 is 37.2 Å². The van der Waals surface area contributed by atoms with E-state index in [1.165, 1.54) is 23.8 Å². The molecule has 0 saturated carbocycles. The van der Waals surface area contributed by atoms with Gasteiger partial charge >= 0.3 is 0 Å². The largest absolute Gasteiger partial charge is 0.335 e. The number of amides is 1. The van der Waals surface area contributed by atoms with Crippen molar-refractivity contribution in [2.75, 3.05) is 13.1 Å². The molecule has 0 bridgehead atoms. The molecule has 0 atom stereocenters. The van der Waals surface area contributed by atoms with E-state index in [-0.39, 0.29) is 21.4 Å². The van der Waals surface area contributed by atoms with Crippen LogP contribution >= 0.6 is 22.3 Å². The lowest BCUT2D eigenvalue weighted by molar-refractivity contribution is 0.0769. The summed E-state index contributed by atoms with van der Waals surface area (Å²) in [5.74, 6) is -0.252. The van der Waals surface area contributed by atoms with Gasteiger partial charge in [0.1, 0.15) is 0 Å². The van der Waals surface area contributed by atoms with Crippen LogP contribution in [0.25, 0.3) is 0 Å². The number of rotatable bonds is 2. The van der Waals surface area contributed by atoms with Crippen molar-refractivity contribution in [3.05, 3.63) is 40.4 Å². The zero-order chi connectivity index (χ0) is 14.9. The molecular weight excluding hydrogens is 321 g/mol. The Morgan fingerprint density at radius 1 is 1.30 bits per heavy atom. The molecule has 7 heteroatoms. The van der Waals surface area contributed by atoms with Crippen molar-refractivity contribution < 1.29 is 13.2 Å². The van der Waals surface area contributed by atoms with Gasteiger partial charge < -0.3 is 4.90 Å². The second-order valence-corrected chi connectivity index (χ2v) is 7.67. The monoisotopic (exact) mass is 333 g/mol. The first-order valence-corrected chi connectivity index (χ1v) is 8.66. The van der Waals surface area contributed by atoms with Crippen molar-refractivity contribution in [1.29, 1.82) is 0 Å². The maximum atomic E-state index is 12.3. The Kier molecular flexibility index (Phi) is 4.42. The molecule has 1 heterocycles. The van der Waals surface area contributed by atoms with E-state index in [1.807, 2.05) is 13.0 Å². The first kappa shape index (κ1) is 15.4. The standard InChI is InChI=1S/C13H13Cl2NO3S/c1-9-2-4-16(5-3-9)13(17)10-6-11(14)8-12(7-10)20(15,18)19/h2,6-8H,3-5H2,1H3. The van der Waals surface area contributed by atoms with Gasteiger partial charge in [-0.2, -0.15) is 0 Å². The van der Waals surface area contributed by atoms with E-state index in [2.05, 4.69) is 0 Å². The highest BCUT2D eigenvalue weighted by atomic mass is 35.7. The Morgan fingerprint density at radius 2 is 2.00 bits per heavy atom. The van der Waals surface area contributed by atoms with Crippen LogP contribution in [0.3, 0.4) is 0 Å². The molecule has 0 spiro atoms. The minimum absolute atomic E-state index is 0.166. The van der Waals surface area contributed by atoms with E-state index < -0.39 is 9.05 Å². The summed E-state index contributed by atoms with van der Waals surface area (Å²) in [7, 11) is 1.38. The summed E-state index contributed by atoms with van der Waals surface area (Å²) >= 11 is 5.86. The van der Waals surface area contributed by atoms with Crippen LogP contribution in [0.5, 0.6) is 0 Å². The molecule has 1 aliphatic rings. The maximum Gasteiger partial charge on any atom is 0.261 e. The highest BCUT2D eigenvalue weighted by molar-refractivity contribution is 8.13. The average Bonchev–Trinajstić information content (AvgIpc) is 2.37. The van der Waals surface area contributed by atoms with Gasteiger partial charge in [-0.1, -0.05) is 23.3 Å². The summed E-state index contributed by atoms with van der Waals surface area (Å²) < 4.78 is 22.7. The summed E-state index contributed by atoms with van der Waals surface area (Å²) in [6.07, 6.45) is 2.79. The topological polar surface area (TPSA) is 54.5 Å². The van der Waals surface area contributed by atoms with E-state index in [0.717, 1.165) is 6.42 Å². The third-order valence-corrected chi connectivity index (χ3v) is 4.67. The first-order chi connectivity index (χ1) is 9.27. The number of carbonyl (C=O) groups excluding carboxylic acids is 1. The van der Waals surface area contributed by atoms with Crippen molar-refractivity contribution in [2.24, 2.45) is 0 Å². The Hall–Kier alpha value is -1.04. The number of carbonyl (C=O) groups is 1. The molecule has 0 N–H and O–H groups in total. The van der Waals surface area contributed by atoms with Gasteiger partial charge in [0.25, 0.3) is 15.0 Å². The minimum atomic E-state index is -3.92. The molecule has 0 aliphatic carbocycles. The van der Waals surface area contributed by atoms with Crippen molar-refractivity contribution in [3.8, 4) is 0 Å². The van der Waals surface area contributed by atoms with Gasteiger partial charge in [0, 0.05) is 34.4 Å². The van der Waals surface area contributed by atoms with Crippen LogP contribution in [0.1, 0.15) is 23.7 Å². The summed E-state index contributed by atoms with van der Waals surface area (Å²) in [6, 6.07) is 3.92. The number of benzene rings is 1. The van der Waals surface area contributed by atoms with Gasteiger partial charge in [-0.25, -0.2) is 8.42 Å². The van der Waals surface area contributed by atoms with Crippen LogP contribution in [-0.4, -0.2) is 32.3 Å². The molecule has 2 rings (SSSR count). The molecule has 4 nitrogen and oxygen atoms in total. The highest BCUT2D eigenvalue weighted by Gasteiger charge is 2.20. The normalized spacial score (nSPS) is 15.9. The summed E-state index contributed by atoms with van der Waals surface area (Å²) in [5.41, 5.74) is 1.47. The predicted octanol–water partition coefficient (Wildman–Crippen LogP) is 3.06. The predicted molar refractivity (Wildman–Crippen MR) is 78.8 cm³/mol. The Bertz CT molecular complexity index is 683. The second kappa shape index (κ2) is 5.76. The number of halogens is 2. The fraction of sp³-hybridized carbons (Fsp3) is 0.308. The van der Waals surface area contributed by atoms with Crippen molar-refractivity contribution in [1.82, 2.24) is 4.90 Å². The second-order valence-electron chi connectivity index (χ2n) is 4.67. The van der Waals surface area contributed by atoms with Crippen LogP contribution < -0.4 is 0 Å². The molecular formula is C13H13Cl2NO3S. The van der Waals surface area contributed by atoms with Gasteiger partial charge in [-0.05, 0) is 31.5 Å². The average molecular weight is 334 g/mol. The van der Waals surface area contributed by atoms with E-state index in [9.17, 15) is 13.2 Å². The zero-order valence-electron chi connectivity index (χ0n) is 10.8. The molecule has 0 radical (unpaired) electrons. The molecule has 1 amide bonds. The number of hydrogen-bond donors (Lipinski definition) is 0. The lowest BCUT2D eigenvalue weighted by atomic mass is 10.1. The van der Waals surface area contributed by atoms with E-state index in [0.29, 0.717) is 13.1 Å². The lowest BCUT2D eigenvalue weighted by Crippen LogP contribution is -2.34. The molecule has 1 aliphatic heterocycles. The van der Waals surface area contributed by atoms with Gasteiger partial charge in [0.2, 0.25) is 0 Å². The molecule has 20 heavy (non-hydrogen) atoms. The fourth-order valence-corrected chi connectivity index (χ4v) is 3.07. The fourth-order valence-electron chi connectivity index (χ4n) is 1.96. The SMILES string of the molecule is CC1=CCN(C(=O)c2cc(Cl)cc(S(=O)(=O)Cl)c2)CC1. The smallest absolute Gasteiger partial charge is 0.261 e. The zero-order valence-corrected chi connectivity index (χ0v) is 13.1. The number of nitrogens with zero attached hydrogens (tertiary/aromatic N) is 1. The van der Waals surface area contributed by atoms with Crippen LogP contribution in [0.15, 0.2) is 34.7 Å². The Labute approximate surface area is 127 Å². The molecule has 0 fully saturated rings. The minimum Gasteiger partial charge on any atom is -0.335 e. The number of hydrogen-bond acceptors (Lipinski definition) is 3. The molecule has 0 aromatic heterocycles. The van der Waals surface area contributed by atoms with Crippen LogP contribution in [0, 0.1) is 0 Å². The van der Waals surface area contributed by atoms with Crippen molar-refractivity contribution in [2.45, 2.75) is 18.2 Å². The highest BCUT2D eigenvalue weighted by Crippen LogP contribution is 2.23. The molecule has 1 aromatic carbocycles.